The molecule has 0 spiro atoms. The van der Waals surface area contributed by atoms with E-state index in [4.69, 9.17) is 4.74 Å². The molecule has 0 N–H and O–H groups in total. The minimum atomic E-state index is 0.708. The van der Waals surface area contributed by atoms with E-state index in [1.807, 2.05) is 20.2 Å². The minimum absolute atomic E-state index is 0.708. The van der Waals surface area contributed by atoms with Crippen molar-refractivity contribution in [1.29, 1.82) is 0 Å². The highest BCUT2D eigenvalue weighted by Gasteiger charge is 2.07. The Hall–Kier alpha value is -1.84. The number of nitrogens with zero attached hydrogens (tertiary/aromatic N) is 3. The monoisotopic (exact) mass is 259 g/mol. The smallest absolute Gasteiger partial charge is 0.122 e. The first-order chi connectivity index (χ1) is 9.10. The Bertz CT molecular complexity index is 561. The van der Waals surface area contributed by atoms with Crippen molar-refractivity contribution in [2.75, 3.05) is 6.61 Å². The lowest BCUT2D eigenvalue weighted by atomic mass is 10.00. The van der Waals surface area contributed by atoms with E-state index in [1.165, 1.54) is 16.7 Å². The summed E-state index contributed by atoms with van der Waals surface area (Å²) in [6, 6.07) is 4.35. The van der Waals surface area contributed by atoms with Crippen LogP contribution in [0, 0.1) is 13.8 Å². The summed E-state index contributed by atoms with van der Waals surface area (Å²) in [5.74, 6) is 0.989. The minimum Gasteiger partial charge on any atom is -0.494 e. The van der Waals surface area contributed by atoms with Crippen molar-refractivity contribution in [2.24, 2.45) is 7.05 Å². The van der Waals surface area contributed by atoms with Crippen LogP contribution in [0.15, 0.2) is 18.3 Å². The topological polar surface area (TPSA) is 39.9 Å². The third-order valence-corrected chi connectivity index (χ3v) is 3.23. The van der Waals surface area contributed by atoms with E-state index >= 15 is 0 Å². The van der Waals surface area contributed by atoms with Gasteiger partial charge in [-0.05, 0) is 56.4 Å². The van der Waals surface area contributed by atoms with Gasteiger partial charge in [0.05, 0.1) is 12.3 Å². The summed E-state index contributed by atoms with van der Waals surface area (Å²) in [6.07, 6.45) is 3.87. The van der Waals surface area contributed by atoms with Crippen LogP contribution in [0.4, 0.5) is 0 Å². The Kier molecular flexibility index (Phi) is 4.20. The van der Waals surface area contributed by atoms with Gasteiger partial charge in [-0.2, -0.15) is 0 Å². The Morgan fingerprint density at radius 3 is 2.58 bits per heavy atom. The molecule has 1 aromatic heterocycles. The van der Waals surface area contributed by atoms with Gasteiger partial charge in [-0.1, -0.05) is 11.3 Å². The quantitative estimate of drug-likeness (QED) is 0.828. The molecule has 0 aliphatic carbocycles. The van der Waals surface area contributed by atoms with Gasteiger partial charge in [0.15, 0.2) is 0 Å². The Balaban J connectivity index is 2.10. The van der Waals surface area contributed by atoms with Gasteiger partial charge in [0.2, 0.25) is 0 Å². The first kappa shape index (κ1) is 13.6. The van der Waals surface area contributed by atoms with Crippen molar-refractivity contribution in [1.82, 2.24) is 15.0 Å². The molecule has 0 aliphatic heterocycles. The lowest BCUT2D eigenvalue weighted by Crippen LogP contribution is -1.99. The zero-order chi connectivity index (χ0) is 13.8. The fraction of sp³-hybridized carbons (Fsp3) is 0.467. The lowest BCUT2D eigenvalue weighted by molar-refractivity contribution is 0.337. The van der Waals surface area contributed by atoms with Crippen LogP contribution < -0.4 is 4.74 Å². The molecule has 0 amide bonds. The van der Waals surface area contributed by atoms with Crippen molar-refractivity contribution in [3.8, 4) is 5.75 Å². The van der Waals surface area contributed by atoms with Crippen LogP contribution in [0.1, 0.15) is 29.3 Å². The molecule has 19 heavy (non-hydrogen) atoms. The Labute approximate surface area is 114 Å². The molecule has 0 saturated carbocycles. The molecule has 0 fully saturated rings. The van der Waals surface area contributed by atoms with E-state index in [0.717, 1.165) is 24.3 Å². The fourth-order valence-corrected chi connectivity index (χ4v) is 2.20. The molecule has 102 valence electrons. The number of ether oxygens (including phenoxy) is 1. The molecule has 0 saturated heterocycles. The third kappa shape index (κ3) is 3.34. The first-order valence-electron chi connectivity index (χ1n) is 6.68. The number of benzene rings is 1. The number of hydrogen-bond acceptors (Lipinski definition) is 3. The van der Waals surface area contributed by atoms with Crippen LogP contribution in [0.5, 0.6) is 5.75 Å². The Morgan fingerprint density at radius 1 is 1.16 bits per heavy atom. The largest absolute Gasteiger partial charge is 0.494 e. The molecule has 0 atom stereocenters. The molecule has 4 nitrogen and oxygen atoms in total. The molecule has 1 heterocycles. The van der Waals surface area contributed by atoms with E-state index < -0.39 is 0 Å². The van der Waals surface area contributed by atoms with E-state index in [1.54, 1.807) is 4.68 Å². The molecule has 0 radical (unpaired) electrons. The summed E-state index contributed by atoms with van der Waals surface area (Å²) in [6.45, 7) is 6.94. The normalized spacial score (nSPS) is 10.7. The SMILES string of the molecule is CCOc1cc(C)c(CCc2cn(C)nn2)cc1C. The predicted molar refractivity (Wildman–Crippen MR) is 75.5 cm³/mol. The van der Waals surface area contributed by atoms with E-state index in [-0.39, 0.29) is 0 Å². The van der Waals surface area contributed by atoms with E-state index in [9.17, 15) is 0 Å². The van der Waals surface area contributed by atoms with Crippen molar-refractivity contribution < 1.29 is 4.74 Å². The van der Waals surface area contributed by atoms with Gasteiger partial charge in [0.1, 0.15) is 5.75 Å². The van der Waals surface area contributed by atoms with Gasteiger partial charge in [-0.3, -0.25) is 4.68 Å². The zero-order valence-electron chi connectivity index (χ0n) is 12.1. The van der Waals surface area contributed by atoms with Gasteiger partial charge in [-0.25, -0.2) is 0 Å². The number of aromatic nitrogens is 3. The molecule has 2 rings (SSSR count). The van der Waals surface area contributed by atoms with E-state index in [2.05, 4.69) is 36.3 Å². The lowest BCUT2D eigenvalue weighted by Gasteiger charge is -2.12. The van der Waals surface area contributed by atoms with Gasteiger partial charge in [0.25, 0.3) is 0 Å². The van der Waals surface area contributed by atoms with Crippen LogP contribution in [0.3, 0.4) is 0 Å². The van der Waals surface area contributed by atoms with Crippen molar-refractivity contribution in [2.45, 2.75) is 33.6 Å². The molecule has 1 aromatic carbocycles. The van der Waals surface area contributed by atoms with Crippen molar-refractivity contribution in [3.63, 3.8) is 0 Å². The summed E-state index contributed by atoms with van der Waals surface area (Å²) in [5, 5.41) is 8.07. The average molecular weight is 259 g/mol. The van der Waals surface area contributed by atoms with Gasteiger partial charge < -0.3 is 4.74 Å². The van der Waals surface area contributed by atoms with Gasteiger partial charge >= 0.3 is 0 Å². The van der Waals surface area contributed by atoms with Crippen molar-refractivity contribution in [3.05, 3.63) is 40.7 Å². The maximum Gasteiger partial charge on any atom is 0.122 e. The number of aryl methyl sites for hydroxylation is 5. The second-order valence-corrected chi connectivity index (χ2v) is 4.86. The summed E-state index contributed by atoms with van der Waals surface area (Å²) in [4.78, 5) is 0. The average Bonchev–Trinajstić information content (AvgIpc) is 2.78. The maximum atomic E-state index is 5.61. The molecule has 4 heteroatoms. The highest BCUT2D eigenvalue weighted by atomic mass is 16.5. The van der Waals surface area contributed by atoms with Crippen LogP contribution in [-0.2, 0) is 19.9 Å². The first-order valence-corrected chi connectivity index (χ1v) is 6.68. The van der Waals surface area contributed by atoms with Gasteiger partial charge in [0, 0.05) is 13.2 Å². The third-order valence-electron chi connectivity index (χ3n) is 3.23. The number of rotatable bonds is 5. The van der Waals surface area contributed by atoms with Crippen molar-refractivity contribution >= 4 is 0 Å². The second-order valence-electron chi connectivity index (χ2n) is 4.86. The Morgan fingerprint density at radius 2 is 1.95 bits per heavy atom. The van der Waals surface area contributed by atoms with E-state index in [0.29, 0.717) is 6.61 Å². The summed E-state index contributed by atoms with van der Waals surface area (Å²) < 4.78 is 7.35. The van der Waals surface area contributed by atoms with Crippen LogP contribution in [0.2, 0.25) is 0 Å². The fourth-order valence-electron chi connectivity index (χ4n) is 2.20. The summed E-state index contributed by atoms with van der Waals surface area (Å²) >= 11 is 0. The predicted octanol–water partition coefficient (Wildman–Crippen LogP) is 2.62. The highest BCUT2D eigenvalue weighted by Crippen LogP contribution is 2.23. The summed E-state index contributed by atoms with van der Waals surface area (Å²) in [7, 11) is 1.89. The number of hydrogen-bond donors (Lipinski definition) is 0. The molecular formula is C15H21N3O. The molecule has 0 aliphatic rings. The summed E-state index contributed by atoms with van der Waals surface area (Å²) in [5.41, 5.74) is 4.86. The zero-order valence-corrected chi connectivity index (χ0v) is 12.1. The highest BCUT2D eigenvalue weighted by molar-refractivity contribution is 5.41. The molecule has 2 aromatic rings. The van der Waals surface area contributed by atoms with Crippen LogP contribution >= 0.6 is 0 Å². The molecular weight excluding hydrogens is 238 g/mol. The standard InChI is InChI=1S/C15H21N3O/c1-5-19-15-9-11(2)13(8-12(15)3)6-7-14-10-18(4)17-16-14/h8-10H,5-7H2,1-4H3. The van der Waals surface area contributed by atoms with Crippen LogP contribution in [-0.4, -0.2) is 21.6 Å². The second kappa shape index (κ2) is 5.87. The maximum absolute atomic E-state index is 5.61. The molecule has 0 unspecified atom stereocenters. The van der Waals surface area contributed by atoms with Gasteiger partial charge in [-0.15, -0.1) is 5.10 Å². The molecule has 0 bridgehead atoms. The van der Waals surface area contributed by atoms with Crippen LogP contribution in [0.25, 0.3) is 0 Å².